The van der Waals surface area contributed by atoms with Crippen LogP contribution in [0.2, 0.25) is 0 Å². The van der Waals surface area contributed by atoms with Gasteiger partial charge in [0.05, 0.1) is 0 Å². The molecule has 2 nitrogen and oxygen atoms in total. The van der Waals surface area contributed by atoms with Gasteiger partial charge in [0.15, 0.2) is 0 Å². The van der Waals surface area contributed by atoms with E-state index in [4.69, 9.17) is 0 Å². The van der Waals surface area contributed by atoms with E-state index in [1.54, 1.807) is 0 Å². The molecule has 0 bridgehead atoms. The summed E-state index contributed by atoms with van der Waals surface area (Å²) >= 11 is 0. The van der Waals surface area contributed by atoms with E-state index in [2.05, 4.69) is 24.1 Å². The number of hydrogen-bond donors (Lipinski definition) is 1. The van der Waals surface area contributed by atoms with Crippen LogP contribution in [-0.2, 0) is 0 Å². The SMILES string of the molecule is CCCCNCCN1CCCCC1CC. The van der Waals surface area contributed by atoms with Crippen LogP contribution in [0.1, 0.15) is 52.4 Å². The second-order valence-electron chi connectivity index (χ2n) is 4.70. The summed E-state index contributed by atoms with van der Waals surface area (Å²) < 4.78 is 0. The standard InChI is InChI=1S/C13H28N2/c1-3-5-9-14-10-12-15-11-7-6-8-13(15)4-2/h13-14H,3-12H2,1-2H3. The molecular formula is C13H28N2. The van der Waals surface area contributed by atoms with Crippen LogP contribution in [-0.4, -0.2) is 37.1 Å². The Morgan fingerprint density at radius 1 is 1.20 bits per heavy atom. The average molecular weight is 212 g/mol. The molecule has 0 radical (unpaired) electrons. The first-order chi connectivity index (χ1) is 7.38. The molecule has 1 saturated heterocycles. The van der Waals surface area contributed by atoms with Gasteiger partial charge >= 0.3 is 0 Å². The lowest BCUT2D eigenvalue weighted by Gasteiger charge is -2.35. The van der Waals surface area contributed by atoms with E-state index in [-0.39, 0.29) is 0 Å². The van der Waals surface area contributed by atoms with Crippen LogP contribution in [0.25, 0.3) is 0 Å². The third kappa shape index (κ3) is 4.98. The summed E-state index contributed by atoms with van der Waals surface area (Å²) in [6.07, 6.45) is 8.22. The lowest BCUT2D eigenvalue weighted by molar-refractivity contribution is 0.145. The Bertz CT molecular complexity index is 147. The van der Waals surface area contributed by atoms with E-state index >= 15 is 0 Å². The maximum absolute atomic E-state index is 3.54. The molecule has 0 aromatic rings. The second kappa shape index (κ2) is 8.12. The number of hydrogen-bond acceptors (Lipinski definition) is 2. The van der Waals surface area contributed by atoms with Crippen LogP contribution in [0.15, 0.2) is 0 Å². The topological polar surface area (TPSA) is 15.3 Å². The number of rotatable bonds is 7. The minimum absolute atomic E-state index is 0.867. The lowest BCUT2D eigenvalue weighted by Crippen LogP contribution is -2.42. The van der Waals surface area contributed by atoms with Gasteiger partial charge in [-0.2, -0.15) is 0 Å². The van der Waals surface area contributed by atoms with Crippen molar-refractivity contribution < 1.29 is 0 Å². The molecule has 1 unspecified atom stereocenters. The molecule has 1 fully saturated rings. The monoisotopic (exact) mass is 212 g/mol. The van der Waals surface area contributed by atoms with E-state index in [0.29, 0.717) is 0 Å². The number of unbranched alkanes of at least 4 members (excludes halogenated alkanes) is 1. The minimum atomic E-state index is 0.867. The number of likely N-dealkylation sites (tertiary alicyclic amines) is 1. The van der Waals surface area contributed by atoms with Crippen molar-refractivity contribution >= 4 is 0 Å². The average Bonchev–Trinajstić information content (AvgIpc) is 2.29. The molecule has 0 aliphatic carbocycles. The fourth-order valence-corrected chi connectivity index (χ4v) is 2.47. The van der Waals surface area contributed by atoms with Gasteiger partial charge in [0.2, 0.25) is 0 Å². The molecule has 1 atom stereocenters. The first-order valence-corrected chi connectivity index (χ1v) is 6.83. The zero-order chi connectivity index (χ0) is 10.9. The van der Waals surface area contributed by atoms with Crippen molar-refractivity contribution in [2.75, 3.05) is 26.2 Å². The highest BCUT2D eigenvalue weighted by atomic mass is 15.2. The third-order valence-electron chi connectivity index (χ3n) is 3.50. The summed E-state index contributed by atoms with van der Waals surface area (Å²) in [7, 11) is 0. The van der Waals surface area contributed by atoms with Gasteiger partial charge in [-0.05, 0) is 38.8 Å². The van der Waals surface area contributed by atoms with Crippen LogP contribution in [0.3, 0.4) is 0 Å². The maximum atomic E-state index is 3.54. The molecule has 2 heteroatoms. The highest BCUT2D eigenvalue weighted by Crippen LogP contribution is 2.18. The molecule has 1 heterocycles. The van der Waals surface area contributed by atoms with E-state index in [0.717, 1.165) is 6.04 Å². The second-order valence-corrected chi connectivity index (χ2v) is 4.70. The molecule has 15 heavy (non-hydrogen) atoms. The summed E-state index contributed by atoms with van der Waals surface area (Å²) in [6, 6.07) is 0.867. The first-order valence-electron chi connectivity index (χ1n) is 6.83. The number of piperidine rings is 1. The predicted molar refractivity (Wildman–Crippen MR) is 67.3 cm³/mol. The van der Waals surface area contributed by atoms with Gasteiger partial charge in [-0.3, -0.25) is 4.90 Å². The molecule has 1 aliphatic heterocycles. The Hall–Kier alpha value is -0.0800. The minimum Gasteiger partial charge on any atom is -0.315 e. The van der Waals surface area contributed by atoms with Crippen molar-refractivity contribution in [3.8, 4) is 0 Å². The molecule has 90 valence electrons. The smallest absolute Gasteiger partial charge is 0.0110 e. The fraction of sp³-hybridized carbons (Fsp3) is 1.00. The maximum Gasteiger partial charge on any atom is 0.0110 e. The van der Waals surface area contributed by atoms with Crippen LogP contribution >= 0.6 is 0 Å². The van der Waals surface area contributed by atoms with Crippen LogP contribution < -0.4 is 5.32 Å². The van der Waals surface area contributed by atoms with Crippen LogP contribution in [0.4, 0.5) is 0 Å². The largest absolute Gasteiger partial charge is 0.315 e. The third-order valence-corrected chi connectivity index (χ3v) is 3.50. The number of nitrogens with one attached hydrogen (secondary N) is 1. The Morgan fingerprint density at radius 2 is 2.07 bits per heavy atom. The van der Waals surface area contributed by atoms with Crippen molar-refractivity contribution in [3.63, 3.8) is 0 Å². The van der Waals surface area contributed by atoms with E-state index in [1.165, 1.54) is 64.7 Å². The van der Waals surface area contributed by atoms with Crippen molar-refractivity contribution in [1.29, 1.82) is 0 Å². The molecule has 1 N–H and O–H groups in total. The van der Waals surface area contributed by atoms with Gasteiger partial charge in [-0.25, -0.2) is 0 Å². The fourth-order valence-electron chi connectivity index (χ4n) is 2.47. The van der Waals surface area contributed by atoms with Gasteiger partial charge in [0.1, 0.15) is 0 Å². The van der Waals surface area contributed by atoms with Crippen molar-refractivity contribution in [2.45, 2.75) is 58.4 Å². The number of nitrogens with zero attached hydrogens (tertiary/aromatic N) is 1. The first kappa shape index (κ1) is 13.0. The quantitative estimate of drug-likeness (QED) is 0.653. The van der Waals surface area contributed by atoms with Gasteiger partial charge < -0.3 is 5.32 Å². The normalized spacial score (nSPS) is 23.2. The van der Waals surface area contributed by atoms with E-state index < -0.39 is 0 Å². The zero-order valence-electron chi connectivity index (χ0n) is 10.6. The molecule has 0 aromatic heterocycles. The molecule has 1 aliphatic rings. The van der Waals surface area contributed by atoms with Gasteiger partial charge in [-0.1, -0.05) is 26.7 Å². The van der Waals surface area contributed by atoms with Crippen molar-refractivity contribution in [2.24, 2.45) is 0 Å². The Labute approximate surface area is 95.4 Å². The predicted octanol–water partition coefficient (Wildman–Crippen LogP) is 2.64. The van der Waals surface area contributed by atoms with E-state index in [1.807, 2.05) is 0 Å². The summed E-state index contributed by atoms with van der Waals surface area (Å²) in [5.74, 6) is 0. The van der Waals surface area contributed by atoms with E-state index in [9.17, 15) is 0 Å². The molecule has 1 rings (SSSR count). The zero-order valence-corrected chi connectivity index (χ0v) is 10.6. The summed E-state index contributed by atoms with van der Waals surface area (Å²) in [6.45, 7) is 9.53. The van der Waals surface area contributed by atoms with Crippen molar-refractivity contribution in [1.82, 2.24) is 10.2 Å². The molecule has 0 amide bonds. The van der Waals surface area contributed by atoms with Crippen molar-refractivity contribution in [3.05, 3.63) is 0 Å². The van der Waals surface area contributed by atoms with Gasteiger partial charge in [-0.15, -0.1) is 0 Å². The Balaban J connectivity index is 2.07. The summed E-state index contributed by atoms with van der Waals surface area (Å²) in [5, 5.41) is 3.54. The van der Waals surface area contributed by atoms with Gasteiger partial charge in [0, 0.05) is 19.1 Å². The molecule has 0 saturated carbocycles. The van der Waals surface area contributed by atoms with Crippen LogP contribution in [0, 0.1) is 0 Å². The Kier molecular flexibility index (Phi) is 7.03. The highest BCUT2D eigenvalue weighted by Gasteiger charge is 2.19. The molecule has 0 aromatic carbocycles. The summed E-state index contributed by atoms with van der Waals surface area (Å²) in [4.78, 5) is 2.68. The molecular weight excluding hydrogens is 184 g/mol. The highest BCUT2D eigenvalue weighted by molar-refractivity contribution is 4.75. The van der Waals surface area contributed by atoms with Crippen LogP contribution in [0.5, 0.6) is 0 Å². The Morgan fingerprint density at radius 3 is 2.80 bits per heavy atom. The lowest BCUT2D eigenvalue weighted by atomic mass is 10.0. The summed E-state index contributed by atoms with van der Waals surface area (Å²) in [5.41, 5.74) is 0. The molecule has 0 spiro atoms. The van der Waals surface area contributed by atoms with Gasteiger partial charge in [0.25, 0.3) is 0 Å².